The smallest absolute Gasteiger partial charge is 0.121 e. The lowest BCUT2D eigenvalue weighted by molar-refractivity contribution is 0.0374. The summed E-state index contributed by atoms with van der Waals surface area (Å²) in [4.78, 5) is 2.44. The van der Waals surface area contributed by atoms with Crippen LogP contribution < -0.4 is 5.32 Å². The Kier molecular flexibility index (Phi) is 4.90. The van der Waals surface area contributed by atoms with Gasteiger partial charge in [0, 0.05) is 19.6 Å². The van der Waals surface area contributed by atoms with Crippen molar-refractivity contribution in [2.75, 3.05) is 39.4 Å². The highest BCUT2D eigenvalue weighted by molar-refractivity contribution is 5.03. The highest BCUT2D eigenvalue weighted by Gasteiger charge is 2.09. The predicted octanol–water partition coefficient (Wildman–Crippen LogP) is 0.190. The second kappa shape index (κ2) is 6.68. The van der Waals surface area contributed by atoms with Crippen molar-refractivity contribution in [1.29, 1.82) is 0 Å². The number of nitrogens with zero attached hydrogens (tertiary/aromatic N) is 3. The lowest BCUT2D eigenvalue weighted by Gasteiger charge is -2.26. The van der Waals surface area contributed by atoms with E-state index in [1.165, 1.54) is 0 Å². The van der Waals surface area contributed by atoms with E-state index >= 15 is 0 Å². The molecule has 0 bridgehead atoms. The van der Waals surface area contributed by atoms with E-state index in [0.29, 0.717) is 0 Å². The number of aryl methyl sites for hydroxylation is 1. The van der Waals surface area contributed by atoms with Gasteiger partial charge in [-0.05, 0) is 26.4 Å². The third-order valence-corrected chi connectivity index (χ3v) is 2.97. The number of morpholine rings is 1. The summed E-state index contributed by atoms with van der Waals surface area (Å²) in [5.41, 5.74) is 1.77. The van der Waals surface area contributed by atoms with Crippen LogP contribution in [0.1, 0.15) is 17.8 Å². The van der Waals surface area contributed by atoms with Gasteiger partial charge in [0.25, 0.3) is 0 Å². The zero-order valence-electron chi connectivity index (χ0n) is 10.3. The Morgan fingerprint density at radius 2 is 2.12 bits per heavy atom. The Hall–Kier alpha value is -0.980. The average Bonchev–Trinajstić information content (AvgIpc) is 2.76. The van der Waals surface area contributed by atoms with Crippen LogP contribution >= 0.6 is 0 Å². The molecule has 1 N–H and O–H groups in total. The Bertz CT molecular complexity index is 323. The fourth-order valence-electron chi connectivity index (χ4n) is 1.87. The molecular formula is C11H20N4O2. The molecule has 0 amide bonds. The normalized spacial score (nSPS) is 17.5. The van der Waals surface area contributed by atoms with E-state index in [9.17, 15) is 0 Å². The Balaban J connectivity index is 1.53. The van der Waals surface area contributed by atoms with Crippen LogP contribution in [0.4, 0.5) is 0 Å². The molecular weight excluding hydrogens is 220 g/mol. The molecule has 17 heavy (non-hydrogen) atoms. The summed E-state index contributed by atoms with van der Waals surface area (Å²) in [6, 6.07) is 0. The molecule has 2 heterocycles. The second-order valence-corrected chi connectivity index (χ2v) is 4.28. The van der Waals surface area contributed by atoms with Gasteiger partial charge in [-0.25, -0.2) is 4.63 Å². The van der Waals surface area contributed by atoms with Crippen LogP contribution in [0.25, 0.3) is 0 Å². The summed E-state index contributed by atoms with van der Waals surface area (Å²) in [6.07, 6.45) is 1.14. The van der Waals surface area contributed by atoms with Crippen LogP contribution in [-0.4, -0.2) is 54.6 Å². The zero-order valence-corrected chi connectivity index (χ0v) is 10.3. The zero-order chi connectivity index (χ0) is 11.9. The van der Waals surface area contributed by atoms with E-state index in [1.807, 2.05) is 6.92 Å². The summed E-state index contributed by atoms with van der Waals surface area (Å²) < 4.78 is 9.94. The van der Waals surface area contributed by atoms with Crippen LogP contribution in [0.3, 0.4) is 0 Å². The first-order valence-electron chi connectivity index (χ1n) is 6.15. The van der Waals surface area contributed by atoms with Crippen molar-refractivity contribution in [3.8, 4) is 0 Å². The molecule has 1 aliphatic rings. The van der Waals surface area contributed by atoms with Crippen molar-refractivity contribution in [1.82, 2.24) is 20.5 Å². The second-order valence-electron chi connectivity index (χ2n) is 4.28. The van der Waals surface area contributed by atoms with Crippen molar-refractivity contribution >= 4 is 0 Å². The topological polar surface area (TPSA) is 63.4 Å². The van der Waals surface area contributed by atoms with Gasteiger partial charge >= 0.3 is 0 Å². The van der Waals surface area contributed by atoms with Crippen molar-refractivity contribution in [2.45, 2.75) is 19.9 Å². The van der Waals surface area contributed by atoms with Gasteiger partial charge in [0.1, 0.15) is 11.4 Å². The molecule has 0 aromatic carbocycles. The van der Waals surface area contributed by atoms with E-state index in [1.54, 1.807) is 0 Å². The molecule has 0 atom stereocenters. The predicted molar refractivity (Wildman–Crippen MR) is 62.6 cm³/mol. The first-order chi connectivity index (χ1) is 8.36. The molecule has 96 valence electrons. The maximum atomic E-state index is 5.31. The number of hydrogen-bond acceptors (Lipinski definition) is 6. The Morgan fingerprint density at radius 3 is 2.82 bits per heavy atom. The quantitative estimate of drug-likeness (QED) is 0.716. The minimum atomic E-state index is 0.735. The molecule has 2 rings (SSSR count). The third kappa shape index (κ3) is 4.07. The highest BCUT2D eigenvalue weighted by Crippen LogP contribution is 2.00. The highest BCUT2D eigenvalue weighted by atomic mass is 16.6. The van der Waals surface area contributed by atoms with Crippen molar-refractivity contribution in [3.05, 3.63) is 11.4 Å². The van der Waals surface area contributed by atoms with Gasteiger partial charge in [-0.2, -0.15) is 0 Å². The minimum absolute atomic E-state index is 0.735. The van der Waals surface area contributed by atoms with Crippen LogP contribution in [0.5, 0.6) is 0 Å². The van der Waals surface area contributed by atoms with Crippen LogP contribution in [-0.2, 0) is 11.3 Å². The molecule has 1 saturated heterocycles. The molecule has 0 radical (unpaired) electrons. The monoisotopic (exact) mass is 240 g/mol. The largest absolute Gasteiger partial charge is 0.379 e. The van der Waals surface area contributed by atoms with Gasteiger partial charge in [0.15, 0.2) is 0 Å². The standard InChI is InChI=1S/C11H20N4O2/c1-10-11(14-17-13-10)9-12-3-2-4-15-5-7-16-8-6-15/h12H,2-9H2,1H3. The summed E-state index contributed by atoms with van der Waals surface area (Å²) in [5.74, 6) is 0. The fourth-order valence-corrected chi connectivity index (χ4v) is 1.87. The van der Waals surface area contributed by atoms with Crippen molar-refractivity contribution in [2.24, 2.45) is 0 Å². The van der Waals surface area contributed by atoms with Gasteiger partial charge in [0.05, 0.1) is 13.2 Å². The summed E-state index contributed by atoms with van der Waals surface area (Å²) in [7, 11) is 0. The molecule has 0 aliphatic carbocycles. The summed E-state index contributed by atoms with van der Waals surface area (Å²) >= 11 is 0. The van der Waals surface area contributed by atoms with Crippen LogP contribution in [0.2, 0.25) is 0 Å². The molecule has 0 saturated carbocycles. The van der Waals surface area contributed by atoms with Gasteiger partial charge in [-0.3, -0.25) is 4.90 Å². The van der Waals surface area contributed by atoms with Gasteiger partial charge < -0.3 is 10.1 Å². The maximum Gasteiger partial charge on any atom is 0.121 e. The van der Waals surface area contributed by atoms with E-state index in [0.717, 1.165) is 63.7 Å². The minimum Gasteiger partial charge on any atom is -0.379 e. The van der Waals surface area contributed by atoms with Gasteiger partial charge in [0.2, 0.25) is 0 Å². The lowest BCUT2D eigenvalue weighted by Crippen LogP contribution is -2.37. The van der Waals surface area contributed by atoms with Crippen molar-refractivity contribution in [3.63, 3.8) is 0 Å². The molecule has 1 aromatic rings. The van der Waals surface area contributed by atoms with Crippen molar-refractivity contribution < 1.29 is 9.37 Å². The van der Waals surface area contributed by atoms with Crippen LogP contribution in [0, 0.1) is 6.92 Å². The first kappa shape index (κ1) is 12.5. The first-order valence-corrected chi connectivity index (χ1v) is 6.15. The average molecular weight is 240 g/mol. The molecule has 0 spiro atoms. The maximum absolute atomic E-state index is 5.31. The molecule has 1 fully saturated rings. The lowest BCUT2D eigenvalue weighted by atomic mass is 10.3. The number of aromatic nitrogens is 2. The number of rotatable bonds is 6. The van der Waals surface area contributed by atoms with Gasteiger partial charge in [-0.1, -0.05) is 10.3 Å². The number of ether oxygens (including phenoxy) is 1. The Morgan fingerprint density at radius 1 is 1.29 bits per heavy atom. The molecule has 1 aliphatic heterocycles. The van der Waals surface area contributed by atoms with E-state index in [-0.39, 0.29) is 0 Å². The molecule has 0 unspecified atom stereocenters. The molecule has 6 heteroatoms. The Labute approximate surface area is 101 Å². The number of nitrogens with one attached hydrogen (secondary N) is 1. The van der Waals surface area contributed by atoms with E-state index in [4.69, 9.17) is 4.74 Å². The number of hydrogen-bond donors (Lipinski definition) is 1. The molecule has 6 nitrogen and oxygen atoms in total. The van der Waals surface area contributed by atoms with Gasteiger partial charge in [-0.15, -0.1) is 0 Å². The third-order valence-electron chi connectivity index (χ3n) is 2.97. The summed E-state index contributed by atoms with van der Waals surface area (Å²) in [5, 5.41) is 10.9. The van der Waals surface area contributed by atoms with Crippen LogP contribution in [0.15, 0.2) is 4.63 Å². The summed E-state index contributed by atoms with van der Waals surface area (Å²) in [6.45, 7) is 8.63. The fraction of sp³-hybridized carbons (Fsp3) is 0.818. The SMILES string of the molecule is Cc1nonc1CNCCCN1CCOCC1. The molecule has 1 aromatic heterocycles. The van der Waals surface area contributed by atoms with E-state index < -0.39 is 0 Å². The van der Waals surface area contributed by atoms with E-state index in [2.05, 4.69) is 25.2 Å².